The molecule has 1 heterocycles. The minimum atomic E-state index is 0.376. The highest BCUT2D eigenvalue weighted by Crippen LogP contribution is 2.37. The van der Waals surface area contributed by atoms with Crippen molar-refractivity contribution in [1.82, 2.24) is 0 Å². The van der Waals surface area contributed by atoms with Gasteiger partial charge in [0.05, 0.1) is 6.10 Å². The molecule has 0 bridgehead atoms. The van der Waals surface area contributed by atoms with Crippen molar-refractivity contribution in [3.63, 3.8) is 0 Å². The lowest BCUT2D eigenvalue weighted by atomic mass is 10.1. The lowest BCUT2D eigenvalue weighted by molar-refractivity contribution is 0.383. The molecule has 1 saturated heterocycles. The monoisotopic (exact) mass is 134 g/mol. The van der Waals surface area contributed by atoms with Crippen LogP contribution >= 0.6 is 0 Å². The van der Waals surface area contributed by atoms with Crippen LogP contribution in [0.3, 0.4) is 0 Å². The van der Waals surface area contributed by atoms with Crippen LogP contribution in [0.4, 0.5) is 0 Å². The maximum atomic E-state index is 5.30. The molecular formula is C9H10O. The number of epoxide rings is 1. The van der Waals surface area contributed by atoms with Crippen LogP contribution in [-0.4, -0.2) is 6.10 Å². The van der Waals surface area contributed by atoms with Crippen LogP contribution in [0.15, 0.2) is 30.3 Å². The average Bonchev–Trinajstić information content (AvgIpc) is 2.69. The Hall–Kier alpha value is -0.820. The van der Waals surface area contributed by atoms with Crippen molar-refractivity contribution in [2.24, 2.45) is 0 Å². The zero-order chi connectivity index (χ0) is 6.97. The van der Waals surface area contributed by atoms with Crippen LogP contribution in [0.25, 0.3) is 0 Å². The molecule has 0 amide bonds. The zero-order valence-corrected chi connectivity index (χ0v) is 5.95. The van der Waals surface area contributed by atoms with E-state index in [0.717, 1.165) is 0 Å². The second-order valence-electron chi connectivity index (χ2n) is 2.67. The van der Waals surface area contributed by atoms with Crippen LogP contribution < -0.4 is 0 Å². The van der Waals surface area contributed by atoms with Gasteiger partial charge in [-0.05, 0) is 12.5 Å². The van der Waals surface area contributed by atoms with Gasteiger partial charge in [-0.25, -0.2) is 0 Å². The second kappa shape index (κ2) is 2.10. The van der Waals surface area contributed by atoms with Gasteiger partial charge < -0.3 is 4.74 Å². The number of ether oxygens (including phenoxy) is 1. The number of hydrogen-bond acceptors (Lipinski definition) is 1. The predicted octanol–water partition coefficient (Wildman–Crippen LogP) is 2.15. The minimum Gasteiger partial charge on any atom is -0.365 e. The summed E-state index contributed by atoms with van der Waals surface area (Å²) >= 11 is 0. The first-order valence-electron chi connectivity index (χ1n) is 3.58. The first-order chi connectivity index (χ1) is 4.88. The summed E-state index contributed by atoms with van der Waals surface area (Å²) in [6, 6.07) is 10.3. The fourth-order valence-corrected chi connectivity index (χ4v) is 1.18. The summed E-state index contributed by atoms with van der Waals surface area (Å²) in [6.07, 6.45) is 0.809. The standard InChI is InChI=1S/C9H10O/c1-7-9(10-7)8-5-3-2-4-6-8/h2-7,9H,1H3/t7-,9+/m1/s1. The first-order valence-corrected chi connectivity index (χ1v) is 3.58. The van der Waals surface area contributed by atoms with Gasteiger partial charge in [0, 0.05) is 0 Å². The van der Waals surface area contributed by atoms with E-state index in [1.54, 1.807) is 0 Å². The number of rotatable bonds is 1. The van der Waals surface area contributed by atoms with Gasteiger partial charge in [0.2, 0.25) is 0 Å². The Balaban J connectivity index is 2.20. The molecule has 0 radical (unpaired) electrons. The summed E-state index contributed by atoms with van der Waals surface area (Å²) in [6.45, 7) is 2.09. The summed E-state index contributed by atoms with van der Waals surface area (Å²) in [7, 11) is 0. The first kappa shape index (κ1) is 5.93. The molecule has 0 unspecified atom stereocenters. The zero-order valence-electron chi connectivity index (χ0n) is 5.95. The third-order valence-electron chi connectivity index (χ3n) is 1.84. The van der Waals surface area contributed by atoms with E-state index in [9.17, 15) is 0 Å². The molecule has 1 nitrogen and oxygen atoms in total. The SMILES string of the molecule is C[C@H]1O[C@@H]1c1ccccc1. The van der Waals surface area contributed by atoms with Crippen molar-refractivity contribution in [3.05, 3.63) is 35.9 Å². The van der Waals surface area contributed by atoms with Gasteiger partial charge in [-0.15, -0.1) is 0 Å². The van der Waals surface area contributed by atoms with Gasteiger partial charge in [0.15, 0.2) is 0 Å². The molecular weight excluding hydrogens is 124 g/mol. The maximum Gasteiger partial charge on any atom is 0.109 e. The minimum absolute atomic E-state index is 0.376. The van der Waals surface area contributed by atoms with Gasteiger partial charge in [0.1, 0.15) is 6.10 Å². The number of benzene rings is 1. The second-order valence-corrected chi connectivity index (χ2v) is 2.67. The molecule has 2 rings (SSSR count). The molecule has 0 aromatic heterocycles. The quantitative estimate of drug-likeness (QED) is 0.536. The summed E-state index contributed by atoms with van der Waals surface area (Å²) in [4.78, 5) is 0. The molecule has 0 aliphatic carbocycles. The molecule has 1 aromatic rings. The lowest BCUT2D eigenvalue weighted by Crippen LogP contribution is -1.80. The Bertz CT molecular complexity index is 217. The van der Waals surface area contributed by atoms with E-state index >= 15 is 0 Å². The van der Waals surface area contributed by atoms with Gasteiger partial charge in [-0.1, -0.05) is 30.3 Å². The van der Waals surface area contributed by atoms with Crippen LogP contribution in [-0.2, 0) is 4.74 Å². The fourth-order valence-electron chi connectivity index (χ4n) is 1.18. The predicted molar refractivity (Wildman–Crippen MR) is 39.7 cm³/mol. The summed E-state index contributed by atoms with van der Waals surface area (Å²) in [5, 5.41) is 0. The van der Waals surface area contributed by atoms with E-state index in [1.807, 2.05) is 18.2 Å². The third kappa shape index (κ3) is 0.929. The van der Waals surface area contributed by atoms with Crippen molar-refractivity contribution < 1.29 is 4.74 Å². The summed E-state index contributed by atoms with van der Waals surface area (Å²) in [5.74, 6) is 0. The highest BCUT2D eigenvalue weighted by Gasteiger charge is 2.35. The molecule has 0 spiro atoms. The average molecular weight is 134 g/mol. The number of hydrogen-bond donors (Lipinski definition) is 0. The molecule has 0 saturated carbocycles. The molecule has 1 heteroatoms. The van der Waals surface area contributed by atoms with Crippen molar-refractivity contribution in [1.29, 1.82) is 0 Å². The summed E-state index contributed by atoms with van der Waals surface area (Å²) in [5.41, 5.74) is 1.30. The molecule has 1 aromatic carbocycles. The Labute approximate surface area is 60.6 Å². The van der Waals surface area contributed by atoms with E-state index in [-0.39, 0.29) is 0 Å². The topological polar surface area (TPSA) is 12.5 Å². The van der Waals surface area contributed by atoms with Crippen molar-refractivity contribution in [2.45, 2.75) is 19.1 Å². The van der Waals surface area contributed by atoms with Gasteiger partial charge in [-0.2, -0.15) is 0 Å². The fraction of sp³-hybridized carbons (Fsp3) is 0.333. The van der Waals surface area contributed by atoms with Crippen LogP contribution in [0.5, 0.6) is 0 Å². The summed E-state index contributed by atoms with van der Waals surface area (Å²) < 4.78 is 5.30. The largest absolute Gasteiger partial charge is 0.365 e. The van der Waals surface area contributed by atoms with Crippen molar-refractivity contribution >= 4 is 0 Å². The molecule has 1 aliphatic rings. The Kier molecular flexibility index (Phi) is 1.24. The van der Waals surface area contributed by atoms with E-state index < -0.39 is 0 Å². The van der Waals surface area contributed by atoms with Gasteiger partial charge >= 0.3 is 0 Å². The van der Waals surface area contributed by atoms with Gasteiger partial charge in [0.25, 0.3) is 0 Å². The smallest absolute Gasteiger partial charge is 0.109 e. The molecule has 1 aliphatic heterocycles. The lowest BCUT2D eigenvalue weighted by Gasteiger charge is -1.90. The highest BCUT2D eigenvalue weighted by atomic mass is 16.6. The van der Waals surface area contributed by atoms with Crippen molar-refractivity contribution in [2.75, 3.05) is 0 Å². The van der Waals surface area contributed by atoms with E-state index in [4.69, 9.17) is 4.74 Å². The van der Waals surface area contributed by atoms with Gasteiger partial charge in [-0.3, -0.25) is 0 Å². The van der Waals surface area contributed by atoms with E-state index in [2.05, 4.69) is 19.1 Å². The van der Waals surface area contributed by atoms with Crippen LogP contribution in [0, 0.1) is 0 Å². The molecule has 0 N–H and O–H groups in total. The van der Waals surface area contributed by atoms with E-state index in [0.29, 0.717) is 12.2 Å². The Morgan fingerprint density at radius 3 is 2.30 bits per heavy atom. The van der Waals surface area contributed by atoms with Crippen LogP contribution in [0.1, 0.15) is 18.6 Å². The Morgan fingerprint density at radius 2 is 1.80 bits per heavy atom. The van der Waals surface area contributed by atoms with Crippen LogP contribution in [0.2, 0.25) is 0 Å². The molecule has 52 valence electrons. The third-order valence-corrected chi connectivity index (χ3v) is 1.84. The molecule has 1 fully saturated rings. The van der Waals surface area contributed by atoms with E-state index in [1.165, 1.54) is 5.56 Å². The maximum absolute atomic E-state index is 5.30. The Morgan fingerprint density at radius 1 is 1.20 bits per heavy atom. The molecule has 2 atom stereocenters. The normalized spacial score (nSPS) is 30.1. The van der Waals surface area contributed by atoms with Crippen molar-refractivity contribution in [3.8, 4) is 0 Å². The molecule has 10 heavy (non-hydrogen) atoms. The highest BCUT2D eigenvalue weighted by molar-refractivity contribution is 5.21.